The molecule has 0 bridgehead atoms. The van der Waals surface area contributed by atoms with Gasteiger partial charge in [0.25, 0.3) is 0 Å². The summed E-state index contributed by atoms with van der Waals surface area (Å²) < 4.78 is 13.6. The van der Waals surface area contributed by atoms with E-state index in [1.807, 2.05) is 11.8 Å². The first kappa shape index (κ1) is 21.4. The van der Waals surface area contributed by atoms with E-state index in [1.54, 1.807) is 31.5 Å². The summed E-state index contributed by atoms with van der Waals surface area (Å²) in [6.07, 6.45) is 5.34. The molecule has 1 saturated heterocycles. The van der Waals surface area contributed by atoms with Crippen LogP contribution in [-0.4, -0.2) is 47.1 Å². The molecule has 3 rings (SSSR count). The van der Waals surface area contributed by atoms with Gasteiger partial charge in [-0.2, -0.15) is 0 Å². The Morgan fingerprint density at radius 2 is 2.23 bits per heavy atom. The topological polar surface area (TPSA) is 96.5 Å². The van der Waals surface area contributed by atoms with E-state index < -0.39 is 0 Å². The summed E-state index contributed by atoms with van der Waals surface area (Å²) in [7, 11) is 1.66. The van der Waals surface area contributed by atoms with Gasteiger partial charge in [-0.05, 0) is 31.0 Å². The molecular formula is C22H27FN6O. The number of aliphatic imine (C=N–C) groups is 1. The van der Waals surface area contributed by atoms with E-state index in [1.165, 1.54) is 18.3 Å². The third kappa shape index (κ3) is 5.20. The van der Waals surface area contributed by atoms with Crippen LogP contribution in [0.4, 0.5) is 15.9 Å². The number of benzene rings is 1. The first-order valence-corrected chi connectivity index (χ1v) is 10.1. The number of carbonyl (C=O) groups excluding carboxylic acids is 1. The molecule has 2 aromatic rings. The largest absolute Gasteiger partial charge is 0.404 e. The van der Waals surface area contributed by atoms with Gasteiger partial charge < -0.3 is 16.0 Å². The first-order chi connectivity index (χ1) is 14.5. The molecule has 1 unspecified atom stereocenters. The van der Waals surface area contributed by atoms with Crippen LogP contribution in [0.5, 0.6) is 0 Å². The van der Waals surface area contributed by atoms with Crippen molar-refractivity contribution in [1.29, 1.82) is 0 Å². The zero-order valence-corrected chi connectivity index (χ0v) is 17.3. The molecular weight excluding hydrogens is 383 g/mol. The zero-order valence-electron chi connectivity index (χ0n) is 17.3. The van der Waals surface area contributed by atoms with Crippen LogP contribution in [0.1, 0.15) is 43.6 Å². The Morgan fingerprint density at radius 3 is 2.93 bits per heavy atom. The second kappa shape index (κ2) is 9.96. The van der Waals surface area contributed by atoms with Gasteiger partial charge >= 0.3 is 0 Å². The number of allylic oxidation sites excluding steroid dienone is 1. The number of rotatable bonds is 6. The number of nitrogens with one attached hydrogen (secondary N) is 1. The van der Waals surface area contributed by atoms with Crippen molar-refractivity contribution in [3.8, 4) is 0 Å². The van der Waals surface area contributed by atoms with Crippen molar-refractivity contribution in [2.75, 3.05) is 25.5 Å². The Labute approximate surface area is 175 Å². The molecule has 1 atom stereocenters. The molecule has 2 heterocycles. The lowest BCUT2D eigenvalue weighted by atomic mass is 9.96. The maximum absolute atomic E-state index is 13.6. The monoisotopic (exact) mass is 410 g/mol. The zero-order chi connectivity index (χ0) is 21.5. The van der Waals surface area contributed by atoms with Crippen molar-refractivity contribution in [3.05, 3.63) is 53.9 Å². The molecule has 158 valence electrons. The van der Waals surface area contributed by atoms with Gasteiger partial charge in [0.15, 0.2) is 0 Å². The van der Waals surface area contributed by atoms with Gasteiger partial charge in [-0.25, -0.2) is 14.4 Å². The van der Waals surface area contributed by atoms with Gasteiger partial charge in [-0.3, -0.25) is 9.79 Å². The minimum absolute atomic E-state index is 0.0137. The molecule has 1 amide bonds. The maximum atomic E-state index is 13.6. The Morgan fingerprint density at radius 1 is 1.40 bits per heavy atom. The quantitative estimate of drug-likeness (QED) is 0.711. The molecule has 3 N–H and O–H groups in total. The molecule has 1 aromatic carbocycles. The Kier molecular flexibility index (Phi) is 7.11. The van der Waals surface area contributed by atoms with Gasteiger partial charge in [-0.15, -0.1) is 0 Å². The third-order valence-electron chi connectivity index (χ3n) is 5.03. The lowest BCUT2D eigenvalue weighted by Crippen LogP contribution is -2.39. The first-order valence-electron chi connectivity index (χ1n) is 10.1. The predicted molar refractivity (Wildman–Crippen MR) is 117 cm³/mol. The van der Waals surface area contributed by atoms with Crippen LogP contribution in [0.15, 0.2) is 41.5 Å². The number of amides is 1. The summed E-state index contributed by atoms with van der Waals surface area (Å²) in [5.41, 5.74) is 7.64. The maximum Gasteiger partial charge on any atom is 0.222 e. The minimum Gasteiger partial charge on any atom is -0.404 e. The average molecular weight is 410 g/mol. The number of nitrogens with two attached hydrogens (primary N) is 1. The van der Waals surface area contributed by atoms with Crippen molar-refractivity contribution >= 4 is 29.2 Å². The Bertz CT molecular complexity index is 958. The molecule has 0 aliphatic carbocycles. The normalized spacial score (nSPS) is 17.4. The van der Waals surface area contributed by atoms with E-state index in [2.05, 4.69) is 15.3 Å². The van der Waals surface area contributed by atoms with E-state index in [-0.39, 0.29) is 17.6 Å². The summed E-state index contributed by atoms with van der Waals surface area (Å²) in [6.45, 7) is 3.21. The molecule has 8 heteroatoms. The fourth-order valence-corrected chi connectivity index (χ4v) is 3.55. The molecule has 0 radical (unpaired) electrons. The van der Waals surface area contributed by atoms with E-state index in [4.69, 9.17) is 10.7 Å². The Hall–Kier alpha value is -3.29. The number of nitrogens with zero attached hydrogens (tertiary/aromatic N) is 4. The van der Waals surface area contributed by atoms with Gasteiger partial charge in [0.05, 0.1) is 5.69 Å². The van der Waals surface area contributed by atoms with Crippen molar-refractivity contribution in [3.63, 3.8) is 0 Å². The fraction of sp³-hybridized carbons (Fsp3) is 0.364. The van der Waals surface area contributed by atoms with Crippen molar-refractivity contribution in [2.24, 2.45) is 10.7 Å². The van der Waals surface area contributed by atoms with Gasteiger partial charge in [-0.1, -0.05) is 13.0 Å². The van der Waals surface area contributed by atoms with E-state index in [0.717, 1.165) is 19.4 Å². The second-order valence-corrected chi connectivity index (χ2v) is 7.17. The van der Waals surface area contributed by atoms with Gasteiger partial charge in [0, 0.05) is 62.2 Å². The predicted octanol–water partition coefficient (Wildman–Crippen LogP) is 3.48. The SMILES string of the molecule is CCC(=O)N1CCCC(c2nc(Nc3cccc(F)c3)cc(/C(C=NC)=C/N)n2)C1. The van der Waals surface area contributed by atoms with Crippen LogP contribution in [0.25, 0.3) is 5.57 Å². The number of anilines is 2. The summed E-state index contributed by atoms with van der Waals surface area (Å²) in [4.78, 5) is 27.5. The molecule has 0 spiro atoms. The highest BCUT2D eigenvalue weighted by atomic mass is 19.1. The minimum atomic E-state index is -0.337. The van der Waals surface area contributed by atoms with Crippen LogP contribution < -0.4 is 11.1 Å². The number of carbonyl (C=O) groups is 1. The fourth-order valence-electron chi connectivity index (χ4n) is 3.55. The van der Waals surface area contributed by atoms with Crippen LogP contribution in [-0.2, 0) is 4.79 Å². The van der Waals surface area contributed by atoms with Crippen LogP contribution >= 0.6 is 0 Å². The Balaban J connectivity index is 1.98. The van der Waals surface area contributed by atoms with Crippen LogP contribution in [0.3, 0.4) is 0 Å². The number of aromatic nitrogens is 2. The second-order valence-electron chi connectivity index (χ2n) is 7.17. The highest BCUT2D eigenvalue weighted by Crippen LogP contribution is 2.28. The highest BCUT2D eigenvalue weighted by molar-refractivity contribution is 6.09. The number of piperidine rings is 1. The smallest absolute Gasteiger partial charge is 0.222 e. The van der Waals surface area contributed by atoms with E-state index in [9.17, 15) is 9.18 Å². The van der Waals surface area contributed by atoms with Crippen molar-refractivity contribution in [2.45, 2.75) is 32.1 Å². The van der Waals surface area contributed by atoms with Crippen LogP contribution in [0.2, 0.25) is 0 Å². The summed E-state index contributed by atoms with van der Waals surface area (Å²) in [5.74, 6) is 0.970. The lowest BCUT2D eigenvalue weighted by molar-refractivity contribution is -0.132. The molecule has 0 saturated carbocycles. The summed E-state index contributed by atoms with van der Waals surface area (Å²) in [5, 5.41) is 3.15. The van der Waals surface area contributed by atoms with Gasteiger partial charge in [0.1, 0.15) is 17.5 Å². The van der Waals surface area contributed by atoms with E-state index in [0.29, 0.717) is 41.6 Å². The molecule has 1 aliphatic rings. The molecule has 1 fully saturated rings. The summed E-state index contributed by atoms with van der Waals surface area (Å²) in [6, 6.07) is 7.94. The van der Waals surface area contributed by atoms with E-state index >= 15 is 0 Å². The number of hydrogen-bond acceptors (Lipinski definition) is 6. The number of halogens is 1. The van der Waals surface area contributed by atoms with Crippen LogP contribution in [0, 0.1) is 5.82 Å². The van der Waals surface area contributed by atoms with Gasteiger partial charge in [0.2, 0.25) is 5.91 Å². The summed E-state index contributed by atoms with van der Waals surface area (Å²) >= 11 is 0. The van der Waals surface area contributed by atoms with Crippen molar-refractivity contribution < 1.29 is 9.18 Å². The lowest BCUT2D eigenvalue weighted by Gasteiger charge is -2.32. The molecule has 1 aromatic heterocycles. The number of hydrogen-bond donors (Lipinski definition) is 2. The third-order valence-corrected chi connectivity index (χ3v) is 5.03. The molecule has 7 nitrogen and oxygen atoms in total. The average Bonchev–Trinajstić information content (AvgIpc) is 2.76. The molecule has 1 aliphatic heterocycles. The highest BCUT2D eigenvalue weighted by Gasteiger charge is 2.26. The number of likely N-dealkylation sites (tertiary alicyclic amines) is 1. The van der Waals surface area contributed by atoms with Crippen molar-refractivity contribution in [1.82, 2.24) is 14.9 Å². The molecule has 30 heavy (non-hydrogen) atoms. The standard InChI is InChI=1S/C22H27FN6O/c1-3-21(30)29-9-5-6-15(14-29)22-27-19(16(12-24)13-25-2)11-20(28-22)26-18-8-4-7-17(23)10-18/h4,7-8,10-13,15H,3,5-6,9,14,24H2,1-2H3,(H,26,27,28)/b16-12+,25-13?.